The van der Waals surface area contributed by atoms with Crippen LogP contribution in [0.25, 0.3) is 0 Å². The van der Waals surface area contributed by atoms with E-state index in [4.69, 9.17) is 9.47 Å². The Balaban J connectivity index is 1.30. The van der Waals surface area contributed by atoms with Crippen LogP contribution in [0.15, 0.2) is 109 Å². The SMILES string of the molecule is O=C(CCCCc1ccccc1)NC(COCc1ccccc1)C(=O)Nc1ccc(Oc2ccc(F)cc2)cc1. The van der Waals surface area contributed by atoms with Crippen molar-refractivity contribution in [3.05, 3.63) is 126 Å². The molecule has 7 heteroatoms. The quantitative estimate of drug-likeness (QED) is 0.175. The normalized spacial score (nSPS) is 11.4. The molecule has 0 saturated carbocycles. The molecule has 0 heterocycles. The van der Waals surface area contributed by atoms with Crippen molar-refractivity contribution in [3.63, 3.8) is 0 Å². The number of anilines is 1. The second-order valence-corrected chi connectivity index (χ2v) is 9.38. The van der Waals surface area contributed by atoms with Gasteiger partial charge in [0.1, 0.15) is 23.4 Å². The highest BCUT2D eigenvalue weighted by Gasteiger charge is 2.21. The van der Waals surface area contributed by atoms with E-state index in [2.05, 4.69) is 22.8 Å². The predicted molar refractivity (Wildman–Crippen MR) is 154 cm³/mol. The van der Waals surface area contributed by atoms with Gasteiger partial charge in [-0.15, -0.1) is 0 Å². The number of unbranched alkanes of at least 4 members (excludes halogenated alkanes) is 1. The molecule has 2 N–H and O–H groups in total. The maximum atomic E-state index is 13.1. The van der Waals surface area contributed by atoms with Crippen LogP contribution in [-0.2, 0) is 27.4 Å². The number of rotatable bonds is 14. The summed E-state index contributed by atoms with van der Waals surface area (Å²) in [6.07, 6.45) is 2.82. The molecule has 2 amide bonds. The first-order valence-electron chi connectivity index (χ1n) is 13.3. The highest BCUT2D eigenvalue weighted by Crippen LogP contribution is 2.23. The van der Waals surface area contributed by atoms with E-state index >= 15 is 0 Å². The van der Waals surface area contributed by atoms with Crippen molar-refractivity contribution < 1.29 is 23.5 Å². The van der Waals surface area contributed by atoms with Crippen LogP contribution in [-0.4, -0.2) is 24.5 Å². The highest BCUT2D eigenvalue weighted by molar-refractivity contribution is 5.97. The lowest BCUT2D eigenvalue weighted by Crippen LogP contribution is -2.46. The van der Waals surface area contributed by atoms with Crippen molar-refractivity contribution in [2.45, 2.75) is 38.3 Å². The van der Waals surface area contributed by atoms with Crippen LogP contribution in [0.5, 0.6) is 11.5 Å². The van der Waals surface area contributed by atoms with Crippen molar-refractivity contribution in [2.24, 2.45) is 0 Å². The molecule has 1 atom stereocenters. The average molecular weight is 541 g/mol. The minimum atomic E-state index is -0.861. The Hall–Kier alpha value is -4.49. The van der Waals surface area contributed by atoms with Crippen LogP contribution in [0.3, 0.4) is 0 Å². The van der Waals surface area contributed by atoms with Gasteiger partial charge in [-0.1, -0.05) is 60.7 Å². The first-order valence-corrected chi connectivity index (χ1v) is 13.3. The smallest absolute Gasteiger partial charge is 0.249 e. The molecule has 40 heavy (non-hydrogen) atoms. The molecular formula is C33H33FN2O4. The standard InChI is InChI=1S/C33H33FN2O4/c34-27-15-19-29(20-16-27)40-30-21-17-28(18-22-30)35-33(38)31(24-39-23-26-12-5-2-6-13-26)36-32(37)14-8-7-11-25-9-3-1-4-10-25/h1-6,9-10,12-13,15-22,31H,7-8,11,14,23-24H2,(H,35,38)(H,36,37). The topological polar surface area (TPSA) is 76.7 Å². The number of halogens is 1. The molecule has 0 aliphatic heterocycles. The third-order valence-corrected chi connectivity index (χ3v) is 6.18. The van der Waals surface area contributed by atoms with Gasteiger partial charge in [0.25, 0.3) is 0 Å². The van der Waals surface area contributed by atoms with Gasteiger partial charge in [-0.2, -0.15) is 0 Å². The van der Waals surface area contributed by atoms with Gasteiger partial charge in [-0.25, -0.2) is 4.39 Å². The zero-order chi connectivity index (χ0) is 28.0. The summed E-state index contributed by atoms with van der Waals surface area (Å²) in [7, 11) is 0. The molecule has 0 radical (unpaired) electrons. The third kappa shape index (κ3) is 9.67. The van der Waals surface area contributed by atoms with E-state index in [1.807, 2.05) is 48.5 Å². The van der Waals surface area contributed by atoms with Crippen LogP contribution < -0.4 is 15.4 Å². The number of ether oxygens (including phenoxy) is 2. The Morgan fingerprint density at radius 2 is 1.32 bits per heavy atom. The zero-order valence-electron chi connectivity index (χ0n) is 22.2. The lowest BCUT2D eigenvalue weighted by Gasteiger charge is -2.19. The van der Waals surface area contributed by atoms with Gasteiger partial charge in [0.05, 0.1) is 13.2 Å². The molecule has 0 aromatic heterocycles. The second kappa shape index (κ2) is 15.2. The fourth-order valence-electron chi connectivity index (χ4n) is 4.05. The molecular weight excluding hydrogens is 507 g/mol. The molecule has 1 unspecified atom stereocenters. The Bertz CT molecular complexity index is 1330. The number of carbonyl (C=O) groups is 2. The Kier molecular flexibility index (Phi) is 10.8. The summed E-state index contributed by atoms with van der Waals surface area (Å²) in [5.74, 6) is 0.126. The number of hydrogen-bond donors (Lipinski definition) is 2. The van der Waals surface area contributed by atoms with E-state index in [1.165, 1.54) is 29.8 Å². The van der Waals surface area contributed by atoms with Gasteiger partial charge in [-0.05, 0) is 78.9 Å². The molecule has 0 fully saturated rings. The van der Waals surface area contributed by atoms with Gasteiger partial charge < -0.3 is 20.1 Å². The first kappa shape index (κ1) is 28.5. The number of nitrogens with one attached hydrogen (secondary N) is 2. The van der Waals surface area contributed by atoms with Crippen molar-refractivity contribution >= 4 is 17.5 Å². The van der Waals surface area contributed by atoms with E-state index < -0.39 is 6.04 Å². The maximum Gasteiger partial charge on any atom is 0.249 e. The van der Waals surface area contributed by atoms with E-state index in [0.29, 0.717) is 30.2 Å². The van der Waals surface area contributed by atoms with Gasteiger partial charge in [0.2, 0.25) is 11.8 Å². The molecule has 4 aromatic carbocycles. The van der Waals surface area contributed by atoms with E-state index in [9.17, 15) is 14.0 Å². The minimum absolute atomic E-state index is 0.0300. The van der Waals surface area contributed by atoms with Crippen LogP contribution in [0, 0.1) is 5.82 Å². The first-order chi connectivity index (χ1) is 19.5. The summed E-state index contributed by atoms with van der Waals surface area (Å²) < 4.78 is 24.6. The fraction of sp³-hybridized carbons (Fsp3) is 0.212. The molecule has 0 bridgehead atoms. The Morgan fingerprint density at radius 3 is 1.98 bits per heavy atom. The largest absolute Gasteiger partial charge is 0.457 e. The Morgan fingerprint density at radius 1 is 0.725 bits per heavy atom. The van der Waals surface area contributed by atoms with Crippen LogP contribution in [0.4, 0.5) is 10.1 Å². The lowest BCUT2D eigenvalue weighted by molar-refractivity contribution is -0.128. The van der Waals surface area contributed by atoms with Crippen molar-refractivity contribution in [1.29, 1.82) is 0 Å². The van der Waals surface area contributed by atoms with E-state index in [1.54, 1.807) is 24.3 Å². The minimum Gasteiger partial charge on any atom is -0.457 e. The summed E-state index contributed by atoms with van der Waals surface area (Å²) >= 11 is 0. The number of amides is 2. The summed E-state index contributed by atoms with van der Waals surface area (Å²) in [6.45, 7) is 0.356. The molecule has 4 aromatic rings. The predicted octanol–water partition coefficient (Wildman–Crippen LogP) is 6.67. The molecule has 0 aliphatic rings. The zero-order valence-corrected chi connectivity index (χ0v) is 22.2. The van der Waals surface area contributed by atoms with E-state index in [-0.39, 0.29) is 24.2 Å². The summed E-state index contributed by atoms with van der Waals surface area (Å²) in [5, 5.41) is 5.68. The second-order valence-electron chi connectivity index (χ2n) is 9.38. The monoisotopic (exact) mass is 540 g/mol. The molecule has 0 aliphatic carbocycles. The van der Waals surface area contributed by atoms with Crippen LogP contribution >= 0.6 is 0 Å². The number of benzene rings is 4. The van der Waals surface area contributed by atoms with Crippen molar-refractivity contribution in [3.8, 4) is 11.5 Å². The third-order valence-electron chi connectivity index (χ3n) is 6.18. The molecule has 0 saturated heterocycles. The van der Waals surface area contributed by atoms with Gasteiger partial charge in [-0.3, -0.25) is 9.59 Å². The van der Waals surface area contributed by atoms with Gasteiger partial charge in [0, 0.05) is 12.1 Å². The number of aryl methyl sites for hydroxylation is 1. The highest BCUT2D eigenvalue weighted by atomic mass is 19.1. The van der Waals surface area contributed by atoms with Gasteiger partial charge in [0.15, 0.2) is 0 Å². The van der Waals surface area contributed by atoms with Crippen molar-refractivity contribution in [2.75, 3.05) is 11.9 Å². The summed E-state index contributed by atoms with van der Waals surface area (Å²) in [5.41, 5.74) is 2.76. The summed E-state index contributed by atoms with van der Waals surface area (Å²) in [4.78, 5) is 25.8. The summed E-state index contributed by atoms with van der Waals surface area (Å²) in [6, 6.07) is 31.4. The van der Waals surface area contributed by atoms with E-state index in [0.717, 1.165) is 24.8 Å². The molecule has 4 rings (SSSR count). The Labute approximate surface area is 234 Å². The number of hydrogen-bond acceptors (Lipinski definition) is 4. The molecule has 206 valence electrons. The number of carbonyl (C=O) groups excluding carboxylic acids is 2. The molecule has 0 spiro atoms. The van der Waals surface area contributed by atoms with Crippen molar-refractivity contribution in [1.82, 2.24) is 5.32 Å². The van der Waals surface area contributed by atoms with Crippen LogP contribution in [0.2, 0.25) is 0 Å². The molecule has 6 nitrogen and oxygen atoms in total. The van der Waals surface area contributed by atoms with Gasteiger partial charge >= 0.3 is 0 Å². The van der Waals surface area contributed by atoms with Crippen LogP contribution in [0.1, 0.15) is 30.4 Å². The maximum absolute atomic E-state index is 13.1. The average Bonchev–Trinajstić information content (AvgIpc) is 2.98. The lowest BCUT2D eigenvalue weighted by atomic mass is 10.1. The fourth-order valence-corrected chi connectivity index (χ4v) is 4.05.